The van der Waals surface area contributed by atoms with Crippen molar-refractivity contribution in [2.75, 3.05) is 0 Å². The quantitative estimate of drug-likeness (QED) is 0.261. The zero-order valence-electron chi connectivity index (χ0n) is 16.4. The van der Waals surface area contributed by atoms with Gasteiger partial charge in [0, 0.05) is 16.8 Å². The first-order valence-electron chi connectivity index (χ1n) is 8.96. The Morgan fingerprint density at radius 3 is 2.39 bits per heavy atom. The zero-order valence-corrected chi connectivity index (χ0v) is 17.3. The summed E-state index contributed by atoms with van der Waals surface area (Å²) in [7, 11) is 0. The molecule has 0 aliphatic rings. The van der Waals surface area contributed by atoms with Crippen LogP contribution >= 0.6 is 0 Å². The molecule has 0 spiro atoms. The van der Waals surface area contributed by atoms with Gasteiger partial charge in [-0.15, -0.1) is 12.1 Å². The second-order valence-corrected chi connectivity index (χ2v) is 6.99. The van der Waals surface area contributed by atoms with Crippen LogP contribution in [0, 0.1) is 35.5 Å². The SMILES string of the molecule is CC(C)(c1cccc(-c2[c-]cc(F)nc2F)n1)c1cccc(-n2[c-]cc(C#N)n2)n1.[Cu+2]. The van der Waals surface area contributed by atoms with E-state index in [-0.39, 0.29) is 28.3 Å². The maximum Gasteiger partial charge on any atom is 2.00 e. The molecule has 0 fully saturated rings. The topological polar surface area (TPSA) is 80.3 Å². The van der Waals surface area contributed by atoms with Gasteiger partial charge in [-0.3, -0.25) is 9.97 Å². The molecular weight excluding hydrogens is 450 g/mol. The van der Waals surface area contributed by atoms with Crippen molar-refractivity contribution in [3.05, 3.63) is 89.8 Å². The maximum atomic E-state index is 14.1. The molecular formula is C22H14CuF2N6. The van der Waals surface area contributed by atoms with Crippen molar-refractivity contribution in [2.45, 2.75) is 19.3 Å². The van der Waals surface area contributed by atoms with E-state index >= 15 is 0 Å². The summed E-state index contributed by atoms with van der Waals surface area (Å²) >= 11 is 0. The van der Waals surface area contributed by atoms with Crippen molar-refractivity contribution in [2.24, 2.45) is 0 Å². The van der Waals surface area contributed by atoms with E-state index in [2.05, 4.69) is 32.3 Å². The summed E-state index contributed by atoms with van der Waals surface area (Å²) in [5, 5.41) is 13.1. The molecule has 1 radical (unpaired) electrons. The number of hydrogen-bond donors (Lipinski definition) is 0. The van der Waals surface area contributed by atoms with Crippen LogP contribution in [0.15, 0.2) is 48.5 Å². The van der Waals surface area contributed by atoms with Gasteiger partial charge >= 0.3 is 17.1 Å². The van der Waals surface area contributed by atoms with Gasteiger partial charge in [0.15, 0.2) is 0 Å². The molecule has 0 saturated heterocycles. The molecule has 6 nitrogen and oxygen atoms in total. The first-order valence-corrected chi connectivity index (χ1v) is 8.96. The molecule has 0 bridgehead atoms. The molecule has 4 heterocycles. The van der Waals surface area contributed by atoms with Crippen LogP contribution < -0.4 is 0 Å². The van der Waals surface area contributed by atoms with Crippen LogP contribution in [0.1, 0.15) is 30.9 Å². The largest absolute Gasteiger partial charge is 2.00 e. The molecule has 0 unspecified atom stereocenters. The van der Waals surface area contributed by atoms with Crippen LogP contribution in [0.3, 0.4) is 0 Å². The van der Waals surface area contributed by atoms with Gasteiger partial charge in [0.05, 0.1) is 17.6 Å². The van der Waals surface area contributed by atoms with Gasteiger partial charge in [0.1, 0.15) is 11.9 Å². The molecule has 4 aromatic rings. The van der Waals surface area contributed by atoms with E-state index in [0.29, 0.717) is 22.9 Å². The second-order valence-electron chi connectivity index (χ2n) is 6.99. The Bertz CT molecular complexity index is 1280. The number of halogens is 2. The van der Waals surface area contributed by atoms with E-state index in [4.69, 9.17) is 5.26 Å². The predicted octanol–water partition coefficient (Wildman–Crippen LogP) is 3.80. The Balaban J connectivity index is 0.00000272. The summed E-state index contributed by atoms with van der Waals surface area (Å²) in [5.41, 5.74) is 1.19. The average Bonchev–Trinajstić information content (AvgIpc) is 3.23. The smallest absolute Gasteiger partial charge is 0.342 e. The monoisotopic (exact) mass is 463 g/mol. The second kappa shape index (κ2) is 8.72. The van der Waals surface area contributed by atoms with Gasteiger partial charge in [-0.05, 0) is 31.7 Å². The molecule has 0 aromatic carbocycles. The predicted molar refractivity (Wildman–Crippen MR) is 103 cm³/mol. The Morgan fingerprint density at radius 1 is 1.00 bits per heavy atom. The number of hydrogen-bond acceptors (Lipinski definition) is 5. The van der Waals surface area contributed by atoms with Gasteiger partial charge in [-0.1, -0.05) is 42.1 Å². The molecule has 0 aliphatic heterocycles. The van der Waals surface area contributed by atoms with E-state index in [1.165, 1.54) is 10.7 Å². The van der Waals surface area contributed by atoms with Crippen LogP contribution in [0.25, 0.3) is 17.1 Å². The van der Waals surface area contributed by atoms with E-state index in [1.807, 2.05) is 32.0 Å². The third-order valence-corrected chi connectivity index (χ3v) is 4.63. The Kier molecular flexibility index (Phi) is 6.25. The number of pyridine rings is 3. The summed E-state index contributed by atoms with van der Waals surface area (Å²) in [4.78, 5) is 12.4. The fourth-order valence-electron chi connectivity index (χ4n) is 2.96. The van der Waals surface area contributed by atoms with E-state index in [0.717, 1.165) is 6.07 Å². The third kappa shape index (κ3) is 4.36. The van der Waals surface area contributed by atoms with Gasteiger partial charge in [0.25, 0.3) is 0 Å². The standard InChI is InChI=1S/C22H14F2N6.Cu/c1-22(2,18-7-4-8-20(27-18)30-12-11-14(13-25)29-30)17-6-3-5-16(26-17)15-9-10-19(23)28-21(15)24;/h3-8,10-11H,1-2H3;/q-2;+2. The average molecular weight is 464 g/mol. The fraction of sp³-hybridized carbons (Fsp3) is 0.136. The fourth-order valence-corrected chi connectivity index (χ4v) is 2.96. The van der Waals surface area contributed by atoms with E-state index in [9.17, 15) is 8.78 Å². The van der Waals surface area contributed by atoms with Crippen LogP contribution in [0.5, 0.6) is 0 Å². The molecule has 9 heteroatoms. The van der Waals surface area contributed by atoms with E-state index in [1.54, 1.807) is 24.3 Å². The van der Waals surface area contributed by atoms with Gasteiger partial charge in [-0.25, -0.2) is 19.1 Å². The summed E-state index contributed by atoms with van der Waals surface area (Å²) < 4.78 is 28.6. The minimum Gasteiger partial charge on any atom is -0.342 e. The first-order chi connectivity index (χ1) is 14.4. The number of aromatic nitrogens is 5. The molecule has 0 atom stereocenters. The molecule has 0 amide bonds. The van der Waals surface area contributed by atoms with Gasteiger partial charge < -0.3 is 9.67 Å². The van der Waals surface area contributed by atoms with Crippen molar-refractivity contribution >= 4 is 0 Å². The normalized spacial score (nSPS) is 10.9. The Labute approximate surface area is 188 Å². The first kappa shape index (κ1) is 22.2. The van der Waals surface area contributed by atoms with E-state index < -0.39 is 17.3 Å². The van der Waals surface area contributed by atoms with Crippen LogP contribution in [0.4, 0.5) is 8.78 Å². The summed E-state index contributed by atoms with van der Waals surface area (Å²) in [5.74, 6) is -1.41. The van der Waals surface area contributed by atoms with Crippen molar-refractivity contribution < 1.29 is 25.8 Å². The maximum absolute atomic E-state index is 14.1. The molecule has 0 N–H and O–H groups in total. The van der Waals surface area contributed by atoms with Crippen molar-refractivity contribution in [3.8, 4) is 23.1 Å². The molecule has 31 heavy (non-hydrogen) atoms. The summed E-state index contributed by atoms with van der Waals surface area (Å²) in [6.07, 6.45) is 2.85. The van der Waals surface area contributed by atoms with Crippen LogP contribution in [0.2, 0.25) is 0 Å². The molecule has 0 aliphatic carbocycles. The van der Waals surface area contributed by atoms with Crippen molar-refractivity contribution in [1.82, 2.24) is 24.7 Å². The van der Waals surface area contributed by atoms with Gasteiger partial charge in [0.2, 0.25) is 0 Å². The number of nitrogens with zero attached hydrogens (tertiary/aromatic N) is 6. The molecule has 0 saturated carbocycles. The molecule has 4 aromatic heterocycles. The number of nitriles is 1. The summed E-state index contributed by atoms with van der Waals surface area (Å²) in [6.45, 7) is 3.86. The van der Waals surface area contributed by atoms with Crippen LogP contribution in [-0.2, 0) is 22.5 Å². The number of rotatable bonds is 4. The Morgan fingerprint density at radius 2 is 1.71 bits per heavy atom. The van der Waals surface area contributed by atoms with Crippen molar-refractivity contribution in [1.29, 1.82) is 5.26 Å². The molecule has 4 rings (SSSR count). The minimum atomic E-state index is -0.972. The van der Waals surface area contributed by atoms with Crippen molar-refractivity contribution in [3.63, 3.8) is 0 Å². The summed E-state index contributed by atoms with van der Waals surface area (Å²) in [6, 6.07) is 17.5. The minimum absolute atomic E-state index is 0. The Hall–Kier alpha value is -3.47. The third-order valence-electron chi connectivity index (χ3n) is 4.63. The van der Waals surface area contributed by atoms with Gasteiger partial charge in [-0.2, -0.15) is 0 Å². The zero-order chi connectivity index (χ0) is 21.3. The molecule has 157 valence electrons. The van der Waals surface area contributed by atoms with Crippen LogP contribution in [-0.4, -0.2) is 24.7 Å².